The number of alkyl carbamates (subject to hydrolysis) is 1. The number of hydrogen-bond acceptors (Lipinski definition) is 5. The van der Waals surface area contributed by atoms with Gasteiger partial charge in [0.2, 0.25) is 0 Å². The zero-order valence-corrected chi connectivity index (χ0v) is 14.8. The van der Waals surface area contributed by atoms with E-state index in [1.165, 1.54) is 0 Å². The maximum atomic E-state index is 12.1. The van der Waals surface area contributed by atoms with Gasteiger partial charge >= 0.3 is 6.09 Å². The lowest BCUT2D eigenvalue weighted by molar-refractivity contribution is -0.0922. The van der Waals surface area contributed by atoms with Crippen LogP contribution in [0.5, 0.6) is 0 Å². The number of imide groups is 1. The highest BCUT2D eigenvalue weighted by Crippen LogP contribution is 2.22. The molecule has 1 aromatic carbocycles. The molecule has 25 heavy (non-hydrogen) atoms. The van der Waals surface area contributed by atoms with Crippen molar-refractivity contribution in [3.8, 4) is 0 Å². The predicted molar refractivity (Wildman–Crippen MR) is 91.0 cm³/mol. The Morgan fingerprint density at radius 3 is 2.20 bits per heavy atom. The summed E-state index contributed by atoms with van der Waals surface area (Å²) in [6, 6.07) is 6.65. The number of carbonyl (C=O) groups is 3. The highest BCUT2D eigenvalue weighted by atomic mass is 16.7. The molecule has 0 spiro atoms. The van der Waals surface area contributed by atoms with E-state index in [2.05, 4.69) is 5.32 Å². The van der Waals surface area contributed by atoms with Crippen LogP contribution in [0.1, 0.15) is 60.7 Å². The lowest BCUT2D eigenvalue weighted by atomic mass is 10.1. The van der Waals surface area contributed by atoms with Gasteiger partial charge in [-0.25, -0.2) is 4.79 Å². The number of hydrogen-bond donors (Lipinski definition) is 1. The second-order valence-electron chi connectivity index (χ2n) is 6.77. The number of unbranched alkanes of at least 4 members (excludes halogenated alkanes) is 2. The topological polar surface area (TPSA) is 84.9 Å². The SMILES string of the molecule is CC(C)(C)OC(=O)NCCCCCON1C(=O)c2ccccc2C1=O. The molecule has 1 aromatic rings. The van der Waals surface area contributed by atoms with Crippen molar-refractivity contribution in [2.45, 2.75) is 45.6 Å². The minimum absolute atomic E-state index is 0.262. The van der Waals surface area contributed by atoms with E-state index in [-0.39, 0.29) is 6.61 Å². The number of nitrogens with one attached hydrogen (secondary N) is 1. The van der Waals surface area contributed by atoms with Crippen LogP contribution >= 0.6 is 0 Å². The summed E-state index contributed by atoms with van der Waals surface area (Å²) in [4.78, 5) is 40.9. The van der Waals surface area contributed by atoms with Gasteiger partial charge in [-0.2, -0.15) is 0 Å². The first-order valence-electron chi connectivity index (χ1n) is 8.37. The molecule has 7 nitrogen and oxygen atoms in total. The van der Waals surface area contributed by atoms with Crippen LogP contribution in [-0.4, -0.2) is 41.7 Å². The summed E-state index contributed by atoms with van der Waals surface area (Å²) < 4.78 is 5.13. The maximum Gasteiger partial charge on any atom is 0.407 e. The summed E-state index contributed by atoms with van der Waals surface area (Å²) in [5.41, 5.74) is 0.229. The average molecular weight is 348 g/mol. The van der Waals surface area contributed by atoms with E-state index in [0.29, 0.717) is 24.1 Å². The summed E-state index contributed by atoms with van der Waals surface area (Å²) in [5, 5.41) is 3.50. The van der Waals surface area contributed by atoms with Crippen LogP contribution in [0.2, 0.25) is 0 Å². The van der Waals surface area contributed by atoms with Crippen LogP contribution in [-0.2, 0) is 9.57 Å². The second-order valence-corrected chi connectivity index (χ2v) is 6.77. The van der Waals surface area contributed by atoms with E-state index < -0.39 is 23.5 Å². The average Bonchev–Trinajstić information content (AvgIpc) is 2.77. The smallest absolute Gasteiger partial charge is 0.407 e. The van der Waals surface area contributed by atoms with Crippen molar-refractivity contribution in [1.29, 1.82) is 0 Å². The summed E-state index contributed by atoms with van der Waals surface area (Å²) in [6.45, 7) is 6.19. The van der Waals surface area contributed by atoms with Crippen molar-refractivity contribution >= 4 is 17.9 Å². The van der Waals surface area contributed by atoms with Crippen LogP contribution in [0, 0.1) is 0 Å². The molecule has 0 aromatic heterocycles. The van der Waals surface area contributed by atoms with Gasteiger partial charge in [0.15, 0.2) is 0 Å². The Labute approximate surface area is 147 Å². The van der Waals surface area contributed by atoms with Crippen LogP contribution in [0.3, 0.4) is 0 Å². The molecule has 1 heterocycles. The van der Waals surface area contributed by atoms with Gasteiger partial charge in [-0.05, 0) is 52.2 Å². The molecule has 2 rings (SSSR count). The summed E-state index contributed by atoms with van der Waals surface area (Å²) in [6.07, 6.45) is 1.78. The molecule has 0 bridgehead atoms. The molecule has 0 saturated carbocycles. The van der Waals surface area contributed by atoms with Gasteiger partial charge in [0.25, 0.3) is 11.8 Å². The van der Waals surface area contributed by atoms with E-state index in [9.17, 15) is 14.4 Å². The van der Waals surface area contributed by atoms with E-state index in [4.69, 9.17) is 9.57 Å². The van der Waals surface area contributed by atoms with Gasteiger partial charge in [-0.3, -0.25) is 14.4 Å². The summed E-state index contributed by atoms with van der Waals surface area (Å²) in [5.74, 6) is -0.848. The van der Waals surface area contributed by atoms with E-state index in [1.807, 2.05) is 20.8 Å². The molecule has 1 N–H and O–H groups in total. The van der Waals surface area contributed by atoms with Crippen LogP contribution in [0.15, 0.2) is 24.3 Å². The first-order chi connectivity index (χ1) is 11.8. The Balaban J connectivity index is 1.61. The third-order valence-corrected chi connectivity index (χ3v) is 3.47. The maximum absolute atomic E-state index is 12.1. The molecule has 136 valence electrons. The zero-order valence-electron chi connectivity index (χ0n) is 14.8. The fraction of sp³-hybridized carbons (Fsp3) is 0.500. The molecule has 1 aliphatic heterocycles. The van der Waals surface area contributed by atoms with Crippen molar-refractivity contribution in [1.82, 2.24) is 10.4 Å². The Kier molecular flexibility index (Phi) is 6.14. The number of rotatable bonds is 7. The van der Waals surface area contributed by atoms with Crippen molar-refractivity contribution in [3.63, 3.8) is 0 Å². The van der Waals surface area contributed by atoms with Gasteiger partial charge < -0.3 is 10.1 Å². The third-order valence-electron chi connectivity index (χ3n) is 3.47. The molecule has 0 fully saturated rings. The Bertz CT molecular complexity index is 616. The monoisotopic (exact) mass is 348 g/mol. The predicted octanol–water partition coefficient (Wildman–Crippen LogP) is 2.91. The van der Waals surface area contributed by atoms with E-state index in [0.717, 1.165) is 17.9 Å². The van der Waals surface area contributed by atoms with Crippen molar-refractivity contribution in [3.05, 3.63) is 35.4 Å². The highest BCUT2D eigenvalue weighted by Gasteiger charge is 2.36. The van der Waals surface area contributed by atoms with Crippen molar-refractivity contribution < 1.29 is 24.0 Å². The van der Waals surface area contributed by atoms with E-state index >= 15 is 0 Å². The quantitative estimate of drug-likeness (QED) is 0.605. The van der Waals surface area contributed by atoms with Crippen LogP contribution in [0.4, 0.5) is 4.79 Å². The minimum Gasteiger partial charge on any atom is -0.444 e. The number of carbonyl (C=O) groups excluding carboxylic acids is 3. The third kappa shape index (κ3) is 5.29. The Morgan fingerprint density at radius 1 is 1.04 bits per heavy atom. The van der Waals surface area contributed by atoms with Gasteiger partial charge in [0, 0.05) is 6.54 Å². The minimum atomic E-state index is -0.510. The van der Waals surface area contributed by atoms with Gasteiger partial charge in [-0.1, -0.05) is 12.1 Å². The summed E-state index contributed by atoms with van der Waals surface area (Å²) in [7, 11) is 0. The molecule has 0 radical (unpaired) electrons. The second kappa shape index (κ2) is 8.11. The lowest BCUT2D eigenvalue weighted by Gasteiger charge is -2.19. The van der Waals surface area contributed by atoms with Crippen molar-refractivity contribution in [2.24, 2.45) is 0 Å². The summed E-state index contributed by atoms with van der Waals surface area (Å²) >= 11 is 0. The fourth-order valence-electron chi connectivity index (χ4n) is 2.35. The van der Waals surface area contributed by atoms with Crippen LogP contribution in [0.25, 0.3) is 0 Å². The Hall–Kier alpha value is -2.41. The standard InChI is InChI=1S/C18H24N2O5/c1-18(2,3)25-17(23)19-11-7-4-8-12-24-20-15(21)13-9-5-6-10-14(13)16(20)22/h5-6,9-10H,4,7-8,11-12H2,1-3H3,(H,19,23). The van der Waals surface area contributed by atoms with Gasteiger partial charge in [0.05, 0.1) is 17.7 Å². The molecule has 0 unspecified atom stereocenters. The van der Waals surface area contributed by atoms with Gasteiger partial charge in [-0.15, -0.1) is 5.06 Å². The number of ether oxygens (including phenoxy) is 1. The zero-order chi connectivity index (χ0) is 18.4. The molecular weight excluding hydrogens is 324 g/mol. The number of benzene rings is 1. The number of amides is 3. The van der Waals surface area contributed by atoms with Gasteiger partial charge in [0.1, 0.15) is 5.60 Å². The largest absolute Gasteiger partial charge is 0.444 e. The molecular formula is C18H24N2O5. The molecule has 0 saturated heterocycles. The molecule has 0 aliphatic carbocycles. The number of nitrogens with zero attached hydrogens (tertiary/aromatic N) is 1. The molecule has 0 atom stereocenters. The Morgan fingerprint density at radius 2 is 1.64 bits per heavy atom. The molecule has 7 heteroatoms. The molecule has 3 amide bonds. The number of fused-ring (bicyclic) bond motifs is 1. The number of hydroxylamine groups is 2. The first kappa shape index (κ1) is 18.9. The highest BCUT2D eigenvalue weighted by molar-refractivity contribution is 6.20. The fourth-order valence-corrected chi connectivity index (χ4v) is 2.35. The lowest BCUT2D eigenvalue weighted by Crippen LogP contribution is -2.33. The normalized spacial score (nSPS) is 13.8. The first-order valence-corrected chi connectivity index (χ1v) is 8.37. The van der Waals surface area contributed by atoms with Crippen molar-refractivity contribution in [2.75, 3.05) is 13.2 Å². The van der Waals surface area contributed by atoms with E-state index in [1.54, 1.807) is 24.3 Å². The van der Waals surface area contributed by atoms with Crippen LogP contribution < -0.4 is 5.32 Å². The molecule has 1 aliphatic rings.